The SMILES string of the molecule is CCCCCCCCc1ccc(OC(=O)C2(CCCC)CCCCC2)cc1. The van der Waals surface area contributed by atoms with Gasteiger partial charge in [0.25, 0.3) is 0 Å². The van der Waals surface area contributed by atoms with Gasteiger partial charge < -0.3 is 4.74 Å². The van der Waals surface area contributed by atoms with E-state index in [1.807, 2.05) is 12.1 Å². The van der Waals surface area contributed by atoms with E-state index in [-0.39, 0.29) is 11.4 Å². The fraction of sp³-hybridized carbons (Fsp3) is 0.720. The monoisotopic (exact) mass is 372 g/mol. The summed E-state index contributed by atoms with van der Waals surface area (Å²) < 4.78 is 5.84. The van der Waals surface area contributed by atoms with E-state index in [4.69, 9.17) is 4.74 Å². The van der Waals surface area contributed by atoms with E-state index in [2.05, 4.69) is 26.0 Å². The topological polar surface area (TPSA) is 26.3 Å². The molecule has 2 heteroatoms. The molecule has 152 valence electrons. The van der Waals surface area contributed by atoms with Crippen molar-refractivity contribution in [2.45, 2.75) is 110 Å². The summed E-state index contributed by atoms with van der Waals surface area (Å²) in [6.07, 6.45) is 17.9. The van der Waals surface area contributed by atoms with Gasteiger partial charge in [-0.3, -0.25) is 4.79 Å². The molecule has 27 heavy (non-hydrogen) atoms. The van der Waals surface area contributed by atoms with Gasteiger partial charge in [0.15, 0.2) is 0 Å². The van der Waals surface area contributed by atoms with Crippen LogP contribution < -0.4 is 4.74 Å². The first-order valence-corrected chi connectivity index (χ1v) is 11.5. The van der Waals surface area contributed by atoms with Crippen LogP contribution in [0.5, 0.6) is 5.75 Å². The highest BCUT2D eigenvalue weighted by molar-refractivity contribution is 5.79. The summed E-state index contributed by atoms with van der Waals surface area (Å²) >= 11 is 0. The molecule has 1 saturated carbocycles. The quantitative estimate of drug-likeness (QED) is 0.214. The van der Waals surface area contributed by atoms with E-state index in [1.165, 1.54) is 50.5 Å². The molecule has 1 aliphatic rings. The molecular formula is C25H40O2. The van der Waals surface area contributed by atoms with Gasteiger partial charge in [0.2, 0.25) is 0 Å². The molecule has 0 aliphatic heterocycles. The van der Waals surface area contributed by atoms with Gasteiger partial charge in [-0.05, 0) is 49.8 Å². The van der Waals surface area contributed by atoms with Crippen molar-refractivity contribution < 1.29 is 9.53 Å². The zero-order chi connectivity index (χ0) is 19.4. The van der Waals surface area contributed by atoms with Gasteiger partial charge in [0.1, 0.15) is 5.75 Å². The van der Waals surface area contributed by atoms with Crippen molar-refractivity contribution >= 4 is 5.97 Å². The minimum Gasteiger partial charge on any atom is -0.426 e. The Hall–Kier alpha value is -1.31. The van der Waals surface area contributed by atoms with Crippen molar-refractivity contribution in [1.82, 2.24) is 0 Å². The number of carbonyl (C=O) groups is 1. The largest absolute Gasteiger partial charge is 0.426 e. The van der Waals surface area contributed by atoms with E-state index < -0.39 is 0 Å². The Morgan fingerprint density at radius 3 is 2.15 bits per heavy atom. The van der Waals surface area contributed by atoms with Crippen LogP contribution in [0.4, 0.5) is 0 Å². The van der Waals surface area contributed by atoms with Gasteiger partial charge in [0, 0.05) is 0 Å². The number of hydrogen-bond donors (Lipinski definition) is 0. The van der Waals surface area contributed by atoms with Crippen LogP contribution in [0.25, 0.3) is 0 Å². The summed E-state index contributed by atoms with van der Waals surface area (Å²) in [6, 6.07) is 8.24. The minimum atomic E-state index is -0.231. The van der Waals surface area contributed by atoms with Crippen LogP contribution in [0.2, 0.25) is 0 Å². The second kappa shape index (κ2) is 12.2. The first-order valence-electron chi connectivity index (χ1n) is 11.5. The number of aryl methyl sites for hydroxylation is 1. The molecule has 1 aliphatic carbocycles. The van der Waals surface area contributed by atoms with Gasteiger partial charge in [-0.15, -0.1) is 0 Å². The Morgan fingerprint density at radius 1 is 0.852 bits per heavy atom. The number of esters is 1. The third-order valence-corrected chi connectivity index (χ3v) is 6.21. The molecule has 1 fully saturated rings. The number of carbonyl (C=O) groups excluding carboxylic acids is 1. The van der Waals surface area contributed by atoms with Crippen LogP contribution in [0.1, 0.15) is 109 Å². The molecule has 0 unspecified atom stereocenters. The Labute approximate surface area is 167 Å². The van der Waals surface area contributed by atoms with Crippen molar-refractivity contribution in [3.8, 4) is 5.75 Å². The molecule has 0 amide bonds. The van der Waals surface area contributed by atoms with Gasteiger partial charge >= 0.3 is 5.97 Å². The summed E-state index contributed by atoms with van der Waals surface area (Å²) in [5.41, 5.74) is 1.12. The predicted molar refractivity (Wildman–Crippen MR) is 114 cm³/mol. The molecule has 2 nitrogen and oxygen atoms in total. The van der Waals surface area contributed by atoms with Crippen LogP contribution in [0.3, 0.4) is 0 Å². The smallest absolute Gasteiger partial charge is 0.317 e. The number of ether oxygens (including phenoxy) is 1. The maximum atomic E-state index is 13.0. The molecule has 1 aromatic carbocycles. The zero-order valence-corrected chi connectivity index (χ0v) is 17.7. The number of unbranched alkanes of at least 4 members (excludes halogenated alkanes) is 6. The normalized spacial score (nSPS) is 16.2. The molecule has 0 aromatic heterocycles. The molecular weight excluding hydrogens is 332 g/mol. The molecule has 1 aromatic rings. The Morgan fingerprint density at radius 2 is 1.48 bits per heavy atom. The standard InChI is InChI=1S/C25H40O2/c1-3-5-7-8-9-11-14-22-15-17-23(18-16-22)27-24(26)25(19-6-4-2)20-12-10-13-21-25/h15-18H,3-14,19-21H2,1-2H3. The fourth-order valence-corrected chi connectivity index (χ4v) is 4.35. The lowest BCUT2D eigenvalue weighted by molar-refractivity contribution is -0.148. The van der Waals surface area contributed by atoms with Crippen LogP contribution in [-0.2, 0) is 11.2 Å². The lowest BCUT2D eigenvalue weighted by Crippen LogP contribution is -2.36. The Kier molecular flexibility index (Phi) is 9.94. The molecule has 0 heterocycles. The first kappa shape index (κ1) is 22.0. The molecule has 0 bridgehead atoms. The second-order valence-corrected chi connectivity index (χ2v) is 8.50. The molecule has 2 rings (SSSR count). The van der Waals surface area contributed by atoms with Crippen LogP contribution in [0, 0.1) is 5.41 Å². The highest BCUT2D eigenvalue weighted by Gasteiger charge is 2.40. The maximum absolute atomic E-state index is 13.0. The zero-order valence-electron chi connectivity index (χ0n) is 17.7. The lowest BCUT2D eigenvalue weighted by atomic mass is 9.71. The Bertz CT molecular complexity index is 526. The summed E-state index contributed by atoms with van der Waals surface area (Å²) in [5, 5.41) is 0. The van der Waals surface area contributed by atoms with Gasteiger partial charge in [-0.2, -0.15) is 0 Å². The van der Waals surface area contributed by atoms with Crippen LogP contribution in [-0.4, -0.2) is 5.97 Å². The average molecular weight is 373 g/mol. The Balaban J connectivity index is 1.82. The molecule has 0 atom stereocenters. The van der Waals surface area contributed by atoms with E-state index in [1.54, 1.807) is 0 Å². The summed E-state index contributed by atoms with van der Waals surface area (Å²) in [4.78, 5) is 13.0. The molecule has 0 radical (unpaired) electrons. The van der Waals surface area contributed by atoms with Crippen molar-refractivity contribution in [2.24, 2.45) is 5.41 Å². The maximum Gasteiger partial charge on any atom is 0.317 e. The van der Waals surface area contributed by atoms with E-state index in [9.17, 15) is 4.79 Å². The van der Waals surface area contributed by atoms with Crippen LogP contribution >= 0.6 is 0 Å². The summed E-state index contributed by atoms with van der Waals surface area (Å²) in [6.45, 7) is 4.46. The van der Waals surface area contributed by atoms with Crippen molar-refractivity contribution in [3.05, 3.63) is 29.8 Å². The number of hydrogen-bond acceptors (Lipinski definition) is 2. The number of benzene rings is 1. The predicted octanol–water partition coefficient (Wildman–Crippen LogP) is 7.64. The minimum absolute atomic E-state index is 0.0133. The van der Waals surface area contributed by atoms with Crippen molar-refractivity contribution in [1.29, 1.82) is 0 Å². The third kappa shape index (κ3) is 7.31. The van der Waals surface area contributed by atoms with Crippen molar-refractivity contribution in [2.75, 3.05) is 0 Å². The van der Waals surface area contributed by atoms with E-state index >= 15 is 0 Å². The van der Waals surface area contributed by atoms with Crippen LogP contribution in [0.15, 0.2) is 24.3 Å². The first-order chi connectivity index (χ1) is 13.2. The second-order valence-electron chi connectivity index (χ2n) is 8.50. The van der Waals surface area contributed by atoms with E-state index in [0.29, 0.717) is 5.75 Å². The fourth-order valence-electron chi connectivity index (χ4n) is 4.35. The van der Waals surface area contributed by atoms with Gasteiger partial charge in [-0.1, -0.05) is 90.2 Å². The van der Waals surface area contributed by atoms with Gasteiger partial charge in [-0.25, -0.2) is 0 Å². The van der Waals surface area contributed by atoms with Gasteiger partial charge in [0.05, 0.1) is 5.41 Å². The molecule has 0 spiro atoms. The highest BCUT2D eigenvalue weighted by Crippen LogP contribution is 2.42. The lowest BCUT2D eigenvalue weighted by Gasteiger charge is -2.34. The highest BCUT2D eigenvalue weighted by atomic mass is 16.5. The average Bonchev–Trinajstić information content (AvgIpc) is 2.71. The van der Waals surface area contributed by atoms with E-state index in [0.717, 1.165) is 51.4 Å². The third-order valence-electron chi connectivity index (χ3n) is 6.21. The molecule has 0 N–H and O–H groups in total. The number of rotatable bonds is 12. The summed E-state index contributed by atoms with van der Waals surface area (Å²) in [7, 11) is 0. The van der Waals surface area contributed by atoms with Crippen molar-refractivity contribution in [3.63, 3.8) is 0 Å². The molecule has 0 saturated heterocycles. The summed E-state index contributed by atoms with van der Waals surface area (Å²) in [5.74, 6) is 0.729.